The molecule has 0 bridgehead atoms. The molecule has 2 N–H and O–H groups in total. The Hall–Kier alpha value is -4.01. The molecule has 1 fully saturated rings. The van der Waals surface area contributed by atoms with Crippen LogP contribution in [0.4, 0.5) is 16.2 Å². The van der Waals surface area contributed by atoms with Crippen LogP contribution in [0.25, 0.3) is 0 Å². The van der Waals surface area contributed by atoms with Crippen molar-refractivity contribution in [3.8, 4) is 0 Å². The second-order valence-electron chi connectivity index (χ2n) is 10.9. The highest BCUT2D eigenvalue weighted by atomic mass is 16.5. The number of ether oxygens (including phenoxy) is 1. The number of hydrogen-bond acceptors (Lipinski definition) is 6. The molecular formula is C30H36N4O5. The SMILES string of the molecule is COC(=O)c1cccc(NC(=O)CN2N=C(CC(=O)C(C)(C)CC3CCCCC3)c3ccccc3NC2=O)c1. The summed E-state index contributed by atoms with van der Waals surface area (Å²) < 4.78 is 4.73. The smallest absolute Gasteiger partial charge is 0.342 e. The van der Waals surface area contributed by atoms with E-state index >= 15 is 0 Å². The van der Waals surface area contributed by atoms with Crippen molar-refractivity contribution in [2.75, 3.05) is 24.3 Å². The van der Waals surface area contributed by atoms with Crippen LogP contribution in [0.15, 0.2) is 53.6 Å². The molecule has 0 unspecified atom stereocenters. The number of amides is 3. The number of carbonyl (C=O) groups is 4. The maximum atomic E-state index is 13.6. The Morgan fingerprint density at radius 1 is 1.08 bits per heavy atom. The van der Waals surface area contributed by atoms with Crippen LogP contribution in [0.2, 0.25) is 0 Å². The van der Waals surface area contributed by atoms with Gasteiger partial charge in [0.2, 0.25) is 5.91 Å². The number of hydrogen-bond donors (Lipinski definition) is 2. The monoisotopic (exact) mass is 532 g/mol. The maximum Gasteiger partial charge on any atom is 0.342 e. The molecule has 4 rings (SSSR count). The van der Waals surface area contributed by atoms with Crippen LogP contribution in [0.5, 0.6) is 0 Å². The fourth-order valence-electron chi connectivity index (χ4n) is 5.30. The summed E-state index contributed by atoms with van der Waals surface area (Å²) in [4.78, 5) is 51.3. The van der Waals surface area contributed by atoms with Gasteiger partial charge in [-0.1, -0.05) is 70.2 Å². The van der Waals surface area contributed by atoms with Gasteiger partial charge in [-0.05, 0) is 36.6 Å². The average molecular weight is 533 g/mol. The van der Waals surface area contributed by atoms with E-state index in [1.807, 2.05) is 26.0 Å². The molecule has 206 valence electrons. The van der Waals surface area contributed by atoms with Crippen molar-refractivity contribution in [1.29, 1.82) is 0 Å². The highest BCUT2D eigenvalue weighted by Gasteiger charge is 2.34. The van der Waals surface area contributed by atoms with E-state index < -0.39 is 23.3 Å². The summed E-state index contributed by atoms with van der Waals surface area (Å²) in [6.07, 6.45) is 6.88. The largest absolute Gasteiger partial charge is 0.465 e. The first-order valence-electron chi connectivity index (χ1n) is 13.4. The number of nitrogens with zero attached hydrogens (tertiary/aromatic N) is 2. The minimum atomic E-state index is -0.579. The number of methoxy groups -OCH3 is 1. The summed E-state index contributed by atoms with van der Waals surface area (Å²) in [5.74, 6) is -0.437. The number of hydrazone groups is 1. The van der Waals surface area contributed by atoms with E-state index in [0.717, 1.165) is 24.3 Å². The fourth-order valence-corrected chi connectivity index (χ4v) is 5.30. The third-order valence-corrected chi connectivity index (χ3v) is 7.42. The number of Topliss-reactive ketones (excluding diaryl/α,β-unsaturated/α-hetero) is 1. The van der Waals surface area contributed by atoms with Gasteiger partial charge in [0.15, 0.2) is 0 Å². The number of ketones is 1. The Bertz CT molecular complexity index is 1280. The standard InChI is InChI=1S/C30H36N4O5/c1-30(2,18-20-10-5-4-6-11-20)26(35)17-25-23-14-7-8-15-24(23)32-29(38)34(33-25)19-27(36)31-22-13-9-12-21(16-22)28(37)39-3/h7-9,12-16,20H,4-6,10-11,17-19H2,1-3H3,(H,31,36)(H,32,38). The second-order valence-corrected chi connectivity index (χ2v) is 10.9. The lowest BCUT2D eigenvalue weighted by Gasteiger charge is -2.31. The van der Waals surface area contributed by atoms with E-state index in [4.69, 9.17) is 4.74 Å². The number of rotatable bonds is 9. The second kappa shape index (κ2) is 12.2. The van der Waals surface area contributed by atoms with Crippen molar-refractivity contribution in [2.45, 2.75) is 58.8 Å². The molecule has 0 spiro atoms. The Morgan fingerprint density at radius 3 is 2.56 bits per heavy atom. The van der Waals surface area contributed by atoms with Gasteiger partial charge in [-0.2, -0.15) is 5.10 Å². The maximum absolute atomic E-state index is 13.6. The minimum Gasteiger partial charge on any atom is -0.465 e. The van der Waals surface area contributed by atoms with E-state index in [2.05, 4.69) is 15.7 Å². The molecule has 9 heteroatoms. The topological polar surface area (TPSA) is 117 Å². The highest BCUT2D eigenvalue weighted by molar-refractivity contribution is 6.17. The first kappa shape index (κ1) is 28.0. The fraction of sp³-hybridized carbons (Fsp3) is 0.433. The molecule has 3 amide bonds. The van der Waals surface area contributed by atoms with Crippen molar-refractivity contribution >= 4 is 40.8 Å². The van der Waals surface area contributed by atoms with E-state index in [-0.39, 0.29) is 24.3 Å². The lowest BCUT2D eigenvalue weighted by atomic mass is 9.73. The van der Waals surface area contributed by atoms with Gasteiger partial charge in [0.05, 0.1) is 30.5 Å². The quantitative estimate of drug-likeness (QED) is 0.407. The number of carbonyl (C=O) groups excluding carboxylic acids is 4. The number of fused-ring (bicyclic) bond motifs is 1. The summed E-state index contributed by atoms with van der Waals surface area (Å²) >= 11 is 0. The number of anilines is 2. The molecule has 1 aliphatic carbocycles. The van der Waals surface area contributed by atoms with Crippen molar-refractivity contribution in [3.63, 3.8) is 0 Å². The number of para-hydroxylation sites is 1. The number of esters is 1. The lowest BCUT2D eigenvalue weighted by Crippen LogP contribution is -2.37. The zero-order valence-corrected chi connectivity index (χ0v) is 22.8. The Morgan fingerprint density at radius 2 is 1.82 bits per heavy atom. The molecule has 2 aromatic rings. The van der Waals surface area contributed by atoms with Crippen LogP contribution < -0.4 is 10.6 Å². The lowest BCUT2D eigenvalue weighted by molar-refractivity contribution is -0.126. The van der Waals surface area contributed by atoms with Crippen molar-refractivity contribution in [3.05, 3.63) is 59.7 Å². The Kier molecular flexibility index (Phi) is 8.79. The molecule has 2 aliphatic rings. The molecule has 0 radical (unpaired) electrons. The van der Waals surface area contributed by atoms with Crippen molar-refractivity contribution < 1.29 is 23.9 Å². The predicted octanol–water partition coefficient (Wildman–Crippen LogP) is 5.62. The van der Waals surface area contributed by atoms with E-state index in [1.54, 1.807) is 30.3 Å². The van der Waals surface area contributed by atoms with Gasteiger partial charge in [-0.3, -0.25) is 9.59 Å². The van der Waals surface area contributed by atoms with Crippen LogP contribution in [0.1, 0.15) is 74.7 Å². The number of urea groups is 1. The van der Waals surface area contributed by atoms with Crippen LogP contribution in [-0.4, -0.2) is 48.1 Å². The summed E-state index contributed by atoms with van der Waals surface area (Å²) in [5, 5.41) is 11.1. The first-order chi connectivity index (χ1) is 18.7. The molecule has 39 heavy (non-hydrogen) atoms. The van der Waals surface area contributed by atoms with Crippen LogP contribution in [0.3, 0.4) is 0 Å². The Balaban J connectivity index is 1.52. The van der Waals surface area contributed by atoms with Gasteiger partial charge >= 0.3 is 12.0 Å². The zero-order chi connectivity index (χ0) is 28.0. The van der Waals surface area contributed by atoms with Gasteiger partial charge in [-0.25, -0.2) is 14.6 Å². The third-order valence-electron chi connectivity index (χ3n) is 7.42. The van der Waals surface area contributed by atoms with Gasteiger partial charge in [0.1, 0.15) is 12.3 Å². The van der Waals surface area contributed by atoms with Gasteiger partial charge in [-0.15, -0.1) is 0 Å². The number of nitrogens with one attached hydrogen (secondary N) is 2. The third kappa shape index (κ3) is 7.10. The minimum absolute atomic E-state index is 0.0466. The molecule has 1 saturated carbocycles. The molecule has 9 nitrogen and oxygen atoms in total. The van der Waals surface area contributed by atoms with E-state index in [9.17, 15) is 19.2 Å². The van der Waals surface area contributed by atoms with E-state index in [1.165, 1.54) is 32.4 Å². The molecular weight excluding hydrogens is 496 g/mol. The average Bonchev–Trinajstić information content (AvgIpc) is 3.04. The van der Waals surface area contributed by atoms with Gasteiger partial charge < -0.3 is 15.4 Å². The summed E-state index contributed by atoms with van der Waals surface area (Å²) in [6, 6.07) is 12.9. The molecule has 0 atom stereocenters. The van der Waals surface area contributed by atoms with Gasteiger partial charge in [0, 0.05) is 16.7 Å². The molecule has 2 aromatic carbocycles. The van der Waals surface area contributed by atoms with Crippen LogP contribution >= 0.6 is 0 Å². The van der Waals surface area contributed by atoms with Crippen molar-refractivity contribution in [2.24, 2.45) is 16.4 Å². The molecule has 0 aromatic heterocycles. The molecule has 0 saturated heterocycles. The van der Waals surface area contributed by atoms with E-state index in [0.29, 0.717) is 28.6 Å². The van der Waals surface area contributed by atoms with Crippen LogP contribution in [-0.2, 0) is 14.3 Å². The van der Waals surface area contributed by atoms with Crippen LogP contribution in [0, 0.1) is 11.3 Å². The first-order valence-corrected chi connectivity index (χ1v) is 13.4. The highest BCUT2D eigenvalue weighted by Crippen LogP contribution is 2.36. The van der Waals surface area contributed by atoms with Gasteiger partial charge in [0.25, 0.3) is 0 Å². The zero-order valence-electron chi connectivity index (χ0n) is 22.8. The number of benzene rings is 2. The summed E-state index contributed by atoms with van der Waals surface area (Å²) in [5.41, 5.74) is 1.76. The predicted molar refractivity (Wildman–Crippen MR) is 150 cm³/mol. The summed E-state index contributed by atoms with van der Waals surface area (Å²) in [6.45, 7) is 3.60. The summed E-state index contributed by atoms with van der Waals surface area (Å²) in [7, 11) is 1.28. The molecule has 1 heterocycles. The molecule has 1 aliphatic heterocycles. The van der Waals surface area contributed by atoms with Crippen molar-refractivity contribution in [1.82, 2.24) is 5.01 Å². The normalized spacial score (nSPS) is 15.9. The Labute approximate surface area is 229 Å².